The van der Waals surface area contributed by atoms with Crippen molar-refractivity contribution >= 4 is 0 Å². The lowest BCUT2D eigenvalue weighted by molar-refractivity contribution is 0.199. The van der Waals surface area contributed by atoms with E-state index >= 15 is 0 Å². The zero-order valence-electron chi connectivity index (χ0n) is 11.5. The molecule has 18 heavy (non-hydrogen) atoms. The topological polar surface area (TPSA) is 52.0 Å². The third kappa shape index (κ3) is 3.29. The lowest BCUT2D eigenvalue weighted by Crippen LogP contribution is -2.17. The van der Waals surface area contributed by atoms with E-state index in [-0.39, 0.29) is 0 Å². The molecule has 0 bridgehead atoms. The van der Waals surface area contributed by atoms with Crippen molar-refractivity contribution in [3.63, 3.8) is 0 Å². The average molecular weight is 252 g/mol. The SMILES string of the molecule is CNCc1nnn(CCC2CCC2)c1CCOC. The van der Waals surface area contributed by atoms with Crippen LogP contribution in [0.25, 0.3) is 0 Å². The fourth-order valence-corrected chi connectivity index (χ4v) is 2.41. The van der Waals surface area contributed by atoms with Gasteiger partial charge in [0, 0.05) is 26.6 Å². The summed E-state index contributed by atoms with van der Waals surface area (Å²) in [6.45, 7) is 2.51. The van der Waals surface area contributed by atoms with E-state index in [0.717, 1.165) is 37.7 Å². The van der Waals surface area contributed by atoms with E-state index in [9.17, 15) is 0 Å². The van der Waals surface area contributed by atoms with Gasteiger partial charge in [-0.1, -0.05) is 24.5 Å². The number of nitrogens with one attached hydrogen (secondary N) is 1. The molecule has 0 spiro atoms. The Bertz CT molecular complexity index is 360. The molecule has 2 rings (SSSR count). The van der Waals surface area contributed by atoms with Crippen LogP contribution in [0.4, 0.5) is 0 Å². The average Bonchev–Trinajstić information content (AvgIpc) is 2.68. The maximum atomic E-state index is 5.17. The second-order valence-electron chi connectivity index (χ2n) is 5.06. The van der Waals surface area contributed by atoms with Crippen LogP contribution >= 0.6 is 0 Å². The molecular formula is C13H24N4O. The molecular weight excluding hydrogens is 228 g/mol. The number of nitrogens with zero attached hydrogens (tertiary/aromatic N) is 3. The fraction of sp³-hybridized carbons (Fsp3) is 0.846. The Hall–Kier alpha value is -0.940. The normalized spacial score (nSPS) is 15.9. The molecule has 1 aliphatic carbocycles. The molecule has 1 fully saturated rings. The highest BCUT2D eigenvalue weighted by atomic mass is 16.5. The van der Waals surface area contributed by atoms with Gasteiger partial charge < -0.3 is 10.1 Å². The van der Waals surface area contributed by atoms with Gasteiger partial charge in [0.15, 0.2) is 0 Å². The minimum atomic E-state index is 0.730. The van der Waals surface area contributed by atoms with Gasteiger partial charge in [0.25, 0.3) is 0 Å². The van der Waals surface area contributed by atoms with Crippen LogP contribution in [-0.2, 0) is 24.2 Å². The molecule has 1 N–H and O–H groups in total. The molecule has 0 amide bonds. The van der Waals surface area contributed by atoms with Crippen LogP contribution in [0.1, 0.15) is 37.1 Å². The predicted octanol–water partition coefficient (Wildman–Crippen LogP) is 1.38. The first-order valence-corrected chi connectivity index (χ1v) is 6.90. The van der Waals surface area contributed by atoms with Crippen molar-refractivity contribution in [3.05, 3.63) is 11.4 Å². The number of methoxy groups -OCH3 is 1. The van der Waals surface area contributed by atoms with E-state index in [1.807, 2.05) is 7.05 Å². The first-order valence-electron chi connectivity index (χ1n) is 6.90. The van der Waals surface area contributed by atoms with Gasteiger partial charge in [-0.15, -0.1) is 5.10 Å². The summed E-state index contributed by atoms with van der Waals surface area (Å²) in [5, 5.41) is 11.7. The molecule has 5 heteroatoms. The Kier molecular flexibility index (Phi) is 5.13. The van der Waals surface area contributed by atoms with Crippen LogP contribution < -0.4 is 5.32 Å². The van der Waals surface area contributed by atoms with E-state index in [1.54, 1.807) is 7.11 Å². The maximum Gasteiger partial charge on any atom is 0.0997 e. The first kappa shape index (κ1) is 13.5. The number of hydrogen-bond acceptors (Lipinski definition) is 4. The summed E-state index contributed by atoms with van der Waals surface area (Å²) in [4.78, 5) is 0. The summed E-state index contributed by atoms with van der Waals surface area (Å²) >= 11 is 0. The Morgan fingerprint density at radius 3 is 2.89 bits per heavy atom. The molecule has 0 unspecified atom stereocenters. The Morgan fingerprint density at radius 1 is 1.44 bits per heavy atom. The van der Waals surface area contributed by atoms with Crippen molar-refractivity contribution in [2.75, 3.05) is 20.8 Å². The van der Waals surface area contributed by atoms with Gasteiger partial charge in [0.2, 0.25) is 0 Å². The fourth-order valence-electron chi connectivity index (χ4n) is 2.41. The highest BCUT2D eigenvalue weighted by Gasteiger charge is 2.18. The first-order chi connectivity index (χ1) is 8.85. The second-order valence-corrected chi connectivity index (χ2v) is 5.06. The largest absolute Gasteiger partial charge is 0.384 e. The molecule has 0 radical (unpaired) electrons. The maximum absolute atomic E-state index is 5.17. The van der Waals surface area contributed by atoms with Gasteiger partial charge in [0.05, 0.1) is 18.0 Å². The zero-order chi connectivity index (χ0) is 12.8. The summed E-state index contributed by atoms with van der Waals surface area (Å²) in [5.41, 5.74) is 2.29. The quantitative estimate of drug-likeness (QED) is 0.759. The monoisotopic (exact) mass is 252 g/mol. The van der Waals surface area contributed by atoms with Crippen LogP contribution in [0, 0.1) is 5.92 Å². The molecule has 1 saturated carbocycles. The van der Waals surface area contributed by atoms with Gasteiger partial charge in [-0.25, -0.2) is 4.68 Å². The van der Waals surface area contributed by atoms with Gasteiger partial charge in [0.1, 0.15) is 0 Å². The Labute approximate surface area is 109 Å². The molecule has 5 nitrogen and oxygen atoms in total. The molecule has 1 aliphatic rings. The van der Waals surface area contributed by atoms with Crippen molar-refractivity contribution in [2.24, 2.45) is 5.92 Å². The van der Waals surface area contributed by atoms with E-state index in [0.29, 0.717) is 0 Å². The van der Waals surface area contributed by atoms with Crippen molar-refractivity contribution in [2.45, 2.75) is 45.2 Å². The molecule has 0 aromatic carbocycles. The van der Waals surface area contributed by atoms with Crippen molar-refractivity contribution in [3.8, 4) is 0 Å². The summed E-state index contributed by atoms with van der Waals surface area (Å²) in [6.07, 6.45) is 6.33. The minimum absolute atomic E-state index is 0.730. The second kappa shape index (κ2) is 6.85. The highest BCUT2D eigenvalue weighted by molar-refractivity contribution is 5.10. The van der Waals surface area contributed by atoms with Crippen LogP contribution in [0.3, 0.4) is 0 Å². The number of aromatic nitrogens is 3. The lowest BCUT2D eigenvalue weighted by Gasteiger charge is -2.25. The van der Waals surface area contributed by atoms with Gasteiger partial charge in [-0.3, -0.25) is 0 Å². The number of rotatable bonds is 8. The van der Waals surface area contributed by atoms with E-state index in [2.05, 4.69) is 20.3 Å². The standard InChI is InChI=1S/C13H24N4O/c1-14-10-12-13(7-9-18-2)17(16-15-12)8-6-11-4-3-5-11/h11,14H,3-10H2,1-2H3. The lowest BCUT2D eigenvalue weighted by atomic mass is 9.83. The third-order valence-electron chi connectivity index (χ3n) is 3.78. The predicted molar refractivity (Wildman–Crippen MR) is 70.3 cm³/mol. The molecule has 102 valence electrons. The summed E-state index contributed by atoms with van der Waals surface area (Å²) in [5.74, 6) is 0.914. The molecule has 0 aliphatic heterocycles. The number of hydrogen-bond donors (Lipinski definition) is 1. The van der Waals surface area contributed by atoms with Crippen LogP contribution in [-0.4, -0.2) is 35.8 Å². The molecule has 1 aromatic heterocycles. The van der Waals surface area contributed by atoms with Crippen LogP contribution in [0.15, 0.2) is 0 Å². The molecule has 1 aromatic rings. The molecule has 0 saturated heterocycles. The summed E-state index contributed by atoms with van der Waals surface area (Å²) in [7, 11) is 3.67. The minimum Gasteiger partial charge on any atom is -0.384 e. The van der Waals surface area contributed by atoms with Crippen molar-refractivity contribution < 1.29 is 4.74 Å². The zero-order valence-corrected chi connectivity index (χ0v) is 11.5. The number of aryl methyl sites for hydroxylation is 1. The van der Waals surface area contributed by atoms with Gasteiger partial charge in [-0.05, 0) is 19.4 Å². The third-order valence-corrected chi connectivity index (χ3v) is 3.78. The van der Waals surface area contributed by atoms with Gasteiger partial charge in [-0.2, -0.15) is 0 Å². The van der Waals surface area contributed by atoms with E-state index in [4.69, 9.17) is 4.74 Å². The van der Waals surface area contributed by atoms with Gasteiger partial charge >= 0.3 is 0 Å². The highest BCUT2D eigenvalue weighted by Crippen LogP contribution is 2.29. The van der Waals surface area contributed by atoms with E-state index < -0.39 is 0 Å². The summed E-state index contributed by atoms with van der Waals surface area (Å²) in [6, 6.07) is 0. The summed E-state index contributed by atoms with van der Waals surface area (Å²) < 4.78 is 7.25. The molecule has 0 atom stereocenters. The van der Waals surface area contributed by atoms with Crippen molar-refractivity contribution in [1.29, 1.82) is 0 Å². The Balaban J connectivity index is 1.96. The molecule has 1 heterocycles. The smallest absolute Gasteiger partial charge is 0.0997 e. The van der Waals surface area contributed by atoms with Crippen LogP contribution in [0.5, 0.6) is 0 Å². The van der Waals surface area contributed by atoms with Crippen molar-refractivity contribution in [1.82, 2.24) is 20.3 Å². The van der Waals surface area contributed by atoms with Crippen LogP contribution in [0.2, 0.25) is 0 Å². The van der Waals surface area contributed by atoms with E-state index in [1.165, 1.54) is 31.4 Å². The number of ether oxygens (including phenoxy) is 1. The Morgan fingerprint density at radius 2 is 2.28 bits per heavy atom.